The summed E-state index contributed by atoms with van der Waals surface area (Å²) < 4.78 is 26.1. The Morgan fingerprint density at radius 1 is 0.167 bits per heavy atom. The van der Waals surface area contributed by atoms with E-state index >= 15 is 0 Å². The van der Waals surface area contributed by atoms with Crippen molar-refractivity contribution >= 4 is 160 Å². The van der Waals surface area contributed by atoms with Crippen LogP contribution in [0.2, 0.25) is 0 Å². The van der Waals surface area contributed by atoms with Crippen molar-refractivity contribution in [3.05, 3.63) is 434 Å². The minimum absolute atomic E-state index is 0.947. The summed E-state index contributed by atoms with van der Waals surface area (Å²) in [6.45, 7) is 12.8. The van der Waals surface area contributed by atoms with E-state index in [0.29, 0.717) is 0 Å². The Bertz CT molecular complexity index is 7870. The SMILES string of the molecule is Cc1ccc(-c2ccc3sc4ccccc4c3c2)cc1.Cc1ccc(-c2ccccc2)c2c1oc1ccccc12.Cc1cccc(-c2ccc3sc4ccccc4c3c2)c1.Cc1cccc(-c2cccc3oc4ccccc4c23)c1.Cc1ccccc1-c1ccc2sc3ccccc3c2c1.Cc1ccccc1-c1cccc2oc3ccccc3c12. The smallest absolute Gasteiger partial charge is 0.138 e. The van der Waals surface area contributed by atoms with Crippen LogP contribution in [-0.4, -0.2) is 0 Å². The molecule has 0 aliphatic rings. The predicted molar refractivity (Wildman–Crippen MR) is 520 cm³/mol. The highest BCUT2D eigenvalue weighted by atomic mass is 32.1. The van der Waals surface area contributed by atoms with E-state index in [4.69, 9.17) is 13.3 Å². The summed E-state index contributed by atoms with van der Waals surface area (Å²) in [6, 6.07) is 141. The zero-order valence-electron chi connectivity index (χ0n) is 67.6. The van der Waals surface area contributed by atoms with Gasteiger partial charge >= 0.3 is 0 Å². The molecule has 3 nitrogen and oxygen atoms in total. The standard InChI is InChI=1S/3C19H14O.3C19H14S/c1-13-6-4-7-14(12-13)15-9-5-11-18-19(15)16-8-2-3-10-17(16)20-18;1-13-7-2-3-8-14(13)15-10-6-12-18-19(15)16-9-4-5-11-17(16)20-18;1-13-11-12-15(14-7-3-2-4-8-14)18-16-9-5-6-10-17(16)20-19(13)18;1-13-5-4-6-14(11-13)15-9-10-19-17(12-15)16-7-2-3-8-18(16)20-19;1-13-6-2-3-7-15(13)14-10-11-19-17(12-14)16-8-4-5-9-18(16)20-19;1-13-6-8-14(9-7-13)15-10-11-19-17(12-15)16-4-2-3-5-18(16)20-19/h6*2-12H,1H3. The zero-order chi connectivity index (χ0) is 81.2. The predicted octanol–water partition coefficient (Wildman–Crippen LogP) is 34.8. The molecule has 24 aromatic rings. The molecule has 6 heteroatoms. The van der Waals surface area contributed by atoms with Gasteiger partial charge in [0.25, 0.3) is 0 Å². The van der Waals surface area contributed by atoms with Crippen LogP contribution >= 0.6 is 34.0 Å². The van der Waals surface area contributed by atoms with Gasteiger partial charge in [-0.05, 0) is 210 Å². The molecule has 6 aromatic heterocycles. The molecule has 0 fully saturated rings. The summed E-state index contributed by atoms with van der Waals surface area (Å²) in [5.41, 5.74) is 28.6. The first-order valence-corrected chi connectivity index (χ1v) is 43.3. The first kappa shape index (κ1) is 76.0. The molecule has 0 atom stereocenters. The molecular formula is C114H84O3S3. The van der Waals surface area contributed by atoms with Crippen molar-refractivity contribution in [1.82, 2.24) is 0 Å². The molecule has 0 radical (unpaired) electrons. The summed E-state index contributed by atoms with van der Waals surface area (Å²) in [4.78, 5) is 0. The number of benzene rings is 18. The largest absolute Gasteiger partial charge is 0.456 e. The lowest BCUT2D eigenvalue weighted by Gasteiger charge is -2.07. The highest BCUT2D eigenvalue weighted by Crippen LogP contribution is 2.44. The molecule has 120 heavy (non-hydrogen) atoms. The summed E-state index contributed by atoms with van der Waals surface area (Å²) >= 11 is 5.61. The first-order chi connectivity index (χ1) is 59.0. The van der Waals surface area contributed by atoms with Gasteiger partial charge in [-0.3, -0.25) is 0 Å². The average Bonchev–Trinajstić information content (AvgIpc) is 1.62. The molecule has 0 aliphatic carbocycles. The van der Waals surface area contributed by atoms with Gasteiger partial charge in [0.05, 0.1) is 0 Å². The summed E-state index contributed by atoms with van der Waals surface area (Å²) in [5.74, 6) is 0. The fourth-order valence-corrected chi connectivity index (χ4v) is 19.9. The van der Waals surface area contributed by atoms with Gasteiger partial charge in [0.15, 0.2) is 0 Å². The second-order valence-corrected chi connectivity index (χ2v) is 34.1. The second-order valence-electron chi connectivity index (χ2n) is 30.8. The number of rotatable bonds is 6. The van der Waals surface area contributed by atoms with Crippen LogP contribution in [0.25, 0.3) is 193 Å². The van der Waals surface area contributed by atoms with E-state index in [9.17, 15) is 0 Å². The summed E-state index contributed by atoms with van der Waals surface area (Å²) in [7, 11) is 0. The second kappa shape index (κ2) is 33.6. The normalized spacial score (nSPS) is 11.2. The maximum absolute atomic E-state index is 6.05. The number of aryl methyl sites for hydroxylation is 6. The van der Waals surface area contributed by atoms with Crippen LogP contribution in [0.5, 0.6) is 0 Å². The van der Waals surface area contributed by atoms with Gasteiger partial charge in [0.1, 0.15) is 33.5 Å². The van der Waals surface area contributed by atoms with Crippen molar-refractivity contribution in [2.24, 2.45) is 0 Å². The third kappa shape index (κ3) is 15.4. The van der Waals surface area contributed by atoms with Crippen LogP contribution < -0.4 is 0 Å². The van der Waals surface area contributed by atoms with Crippen molar-refractivity contribution in [2.75, 3.05) is 0 Å². The maximum atomic E-state index is 6.05. The molecule has 24 rings (SSSR count). The molecule has 0 saturated carbocycles. The van der Waals surface area contributed by atoms with Crippen molar-refractivity contribution in [3.8, 4) is 66.8 Å². The molecule has 0 aliphatic heterocycles. The zero-order valence-corrected chi connectivity index (χ0v) is 70.0. The van der Waals surface area contributed by atoms with Gasteiger partial charge < -0.3 is 13.3 Å². The van der Waals surface area contributed by atoms with Crippen molar-refractivity contribution < 1.29 is 13.3 Å². The van der Waals surface area contributed by atoms with Crippen molar-refractivity contribution in [3.63, 3.8) is 0 Å². The van der Waals surface area contributed by atoms with Crippen LogP contribution in [-0.2, 0) is 0 Å². The molecule has 576 valence electrons. The Labute approximate surface area is 710 Å². The topological polar surface area (TPSA) is 39.4 Å². The molecule has 0 unspecified atom stereocenters. The van der Waals surface area contributed by atoms with Gasteiger partial charge in [0.2, 0.25) is 0 Å². The van der Waals surface area contributed by atoms with Gasteiger partial charge in [-0.2, -0.15) is 0 Å². The van der Waals surface area contributed by atoms with E-state index in [1.165, 1.54) is 193 Å². The Kier molecular flexibility index (Phi) is 21.3. The number of thiophene rings is 3. The lowest BCUT2D eigenvalue weighted by molar-refractivity contribution is 0.666. The van der Waals surface area contributed by atoms with E-state index < -0.39 is 0 Å². The number of hydrogen-bond donors (Lipinski definition) is 0. The lowest BCUT2D eigenvalue weighted by atomic mass is 9.96. The Hall–Kier alpha value is -14.0. The van der Waals surface area contributed by atoms with E-state index in [2.05, 4.69) is 387 Å². The van der Waals surface area contributed by atoms with Crippen molar-refractivity contribution in [2.45, 2.75) is 41.5 Å². The van der Waals surface area contributed by atoms with E-state index in [0.717, 1.165) is 33.5 Å². The van der Waals surface area contributed by atoms with Crippen molar-refractivity contribution in [1.29, 1.82) is 0 Å². The molecule has 0 N–H and O–H groups in total. The summed E-state index contributed by atoms with van der Waals surface area (Å²) in [5, 5.41) is 15.4. The monoisotopic (exact) mass is 1600 g/mol. The third-order valence-corrected chi connectivity index (χ3v) is 26.2. The third-order valence-electron chi connectivity index (χ3n) is 22.7. The Morgan fingerprint density at radius 3 is 1.04 bits per heavy atom. The van der Waals surface area contributed by atoms with Gasteiger partial charge in [-0.25, -0.2) is 0 Å². The summed E-state index contributed by atoms with van der Waals surface area (Å²) in [6.07, 6.45) is 0. The van der Waals surface area contributed by atoms with Crippen LogP contribution in [0.4, 0.5) is 0 Å². The molecule has 6 heterocycles. The quantitative estimate of drug-likeness (QED) is 0.167. The van der Waals surface area contributed by atoms with Gasteiger partial charge in [-0.15, -0.1) is 34.0 Å². The Morgan fingerprint density at radius 2 is 0.508 bits per heavy atom. The van der Waals surface area contributed by atoms with E-state index in [1.807, 2.05) is 88.6 Å². The van der Waals surface area contributed by atoms with Gasteiger partial charge in [-0.1, -0.05) is 332 Å². The fraction of sp³-hybridized carbons (Fsp3) is 0.0526. The Balaban J connectivity index is 0.0000000952. The highest BCUT2D eigenvalue weighted by molar-refractivity contribution is 7.26. The number of hydrogen-bond acceptors (Lipinski definition) is 6. The minimum Gasteiger partial charge on any atom is -0.456 e. The van der Waals surface area contributed by atoms with E-state index in [-0.39, 0.29) is 0 Å². The average molecular weight is 1600 g/mol. The molecule has 0 amide bonds. The van der Waals surface area contributed by atoms with Gasteiger partial charge in [0, 0.05) is 92.8 Å². The fourth-order valence-electron chi connectivity index (χ4n) is 16.7. The van der Waals surface area contributed by atoms with Crippen LogP contribution in [0.1, 0.15) is 33.4 Å². The lowest BCUT2D eigenvalue weighted by Crippen LogP contribution is -1.83. The number of furan rings is 3. The van der Waals surface area contributed by atoms with E-state index in [1.54, 1.807) is 0 Å². The maximum Gasteiger partial charge on any atom is 0.138 e. The van der Waals surface area contributed by atoms with Crippen LogP contribution in [0, 0.1) is 41.5 Å². The highest BCUT2D eigenvalue weighted by Gasteiger charge is 2.18. The minimum atomic E-state index is 0.947. The molecule has 18 aromatic carbocycles. The number of fused-ring (bicyclic) bond motifs is 18. The number of para-hydroxylation sites is 3. The first-order valence-electron chi connectivity index (χ1n) is 40.8. The van der Waals surface area contributed by atoms with Crippen LogP contribution in [0.15, 0.2) is 414 Å². The molecule has 0 saturated heterocycles. The molecular weight excluding hydrogens is 1510 g/mol. The molecule has 0 spiro atoms. The van der Waals surface area contributed by atoms with Crippen LogP contribution in [0.3, 0.4) is 0 Å². The molecule has 0 bridgehead atoms.